The van der Waals surface area contributed by atoms with Crippen LogP contribution in [-0.2, 0) is 10.0 Å². The maximum absolute atomic E-state index is 11.7. The topological polar surface area (TPSA) is 81.4 Å². The van der Waals surface area contributed by atoms with Crippen molar-refractivity contribution >= 4 is 26.8 Å². The number of benzene rings is 1. The summed E-state index contributed by atoms with van der Waals surface area (Å²) in [6.07, 6.45) is 13.1. The predicted octanol–water partition coefficient (Wildman–Crippen LogP) is 5.06. The van der Waals surface area contributed by atoms with E-state index in [-0.39, 0.29) is 5.82 Å². The molecule has 5 aliphatic carbocycles. The van der Waals surface area contributed by atoms with Crippen molar-refractivity contribution in [1.29, 1.82) is 0 Å². The molecule has 2 unspecified atom stereocenters. The van der Waals surface area contributed by atoms with Gasteiger partial charge < -0.3 is 9.26 Å². The van der Waals surface area contributed by atoms with Crippen LogP contribution in [0.1, 0.15) is 69.3 Å². The standard InChI is InChI=1S/C23H30N2O4S/c1-30(26,27)25-22-19-8-18(17-4-5-17)20(9-21(19)29-24-22)28-13-23-10-14-2-3-15(11-23)7-16(6-14)12-23/h8-9,14-17H,2-7,10-13H2,1H3,(H,24,25). The van der Waals surface area contributed by atoms with E-state index in [1.807, 2.05) is 12.1 Å². The number of fused-ring (bicyclic) bond motifs is 2. The van der Waals surface area contributed by atoms with E-state index in [4.69, 9.17) is 9.26 Å². The molecular weight excluding hydrogens is 400 g/mol. The summed E-state index contributed by atoms with van der Waals surface area (Å²) < 4.78 is 37.8. The molecule has 0 radical (unpaired) electrons. The Morgan fingerprint density at radius 1 is 1.10 bits per heavy atom. The fourth-order valence-corrected chi connectivity index (χ4v) is 7.35. The van der Waals surface area contributed by atoms with Crippen LogP contribution in [0.2, 0.25) is 0 Å². The molecule has 0 saturated heterocycles. The second-order valence-corrected chi connectivity index (χ2v) is 12.4. The lowest BCUT2D eigenvalue weighted by Gasteiger charge is -2.48. The Morgan fingerprint density at radius 2 is 1.80 bits per heavy atom. The molecule has 162 valence electrons. The third-order valence-electron chi connectivity index (χ3n) is 7.92. The molecule has 2 aromatic rings. The van der Waals surface area contributed by atoms with Gasteiger partial charge in [-0.25, -0.2) is 8.42 Å². The minimum atomic E-state index is -3.41. The normalized spacial score (nSPS) is 33.0. The lowest BCUT2D eigenvalue weighted by molar-refractivity contribution is -0.00384. The second-order valence-electron chi connectivity index (χ2n) is 10.6. The van der Waals surface area contributed by atoms with E-state index in [9.17, 15) is 8.42 Å². The summed E-state index contributed by atoms with van der Waals surface area (Å²) in [6.45, 7) is 0.796. The molecule has 6 nitrogen and oxygen atoms in total. The number of hydrogen-bond acceptors (Lipinski definition) is 5. The summed E-state index contributed by atoms with van der Waals surface area (Å²) >= 11 is 0. The molecule has 4 bridgehead atoms. The molecule has 7 rings (SSSR count). The predicted molar refractivity (Wildman–Crippen MR) is 115 cm³/mol. The van der Waals surface area contributed by atoms with Crippen LogP contribution in [0.15, 0.2) is 16.7 Å². The van der Waals surface area contributed by atoms with Crippen molar-refractivity contribution in [3.05, 3.63) is 17.7 Å². The van der Waals surface area contributed by atoms with Gasteiger partial charge in [-0.05, 0) is 80.2 Å². The van der Waals surface area contributed by atoms with E-state index in [1.165, 1.54) is 50.5 Å². The molecule has 1 N–H and O–H groups in total. The summed E-state index contributed by atoms with van der Waals surface area (Å²) in [5.41, 5.74) is 2.08. The van der Waals surface area contributed by atoms with Gasteiger partial charge in [-0.3, -0.25) is 4.72 Å². The summed E-state index contributed by atoms with van der Waals surface area (Å²) in [7, 11) is -3.41. The van der Waals surface area contributed by atoms with Crippen molar-refractivity contribution in [2.45, 2.75) is 63.7 Å². The van der Waals surface area contributed by atoms with Crippen LogP contribution in [0.3, 0.4) is 0 Å². The lowest BCUT2D eigenvalue weighted by Crippen LogP contribution is -2.41. The molecular formula is C23H30N2O4S. The molecule has 0 spiro atoms. The number of aromatic nitrogens is 1. The first-order valence-corrected chi connectivity index (χ1v) is 13.3. The molecule has 0 aliphatic heterocycles. The summed E-state index contributed by atoms with van der Waals surface area (Å²) in [5.74, 6) is 4.34. The van der Waals surface area contributed by atoms with Crippen molar-refractivity contribution in [3.8, 4) is 5.75 Å². The Hall–Kier alpha value is -1.76. The van der Waals surface area contributed by atoms with Crippen molar-refractivity contribution in [2.24, 2.45) is 23.2 Å². The summed E-state index contributed by atoms with van der Waals surface area (Å²) in [6, 6.07) is 3.95. The third kappa shape index (κ3) is 3.49. The van der Waals surface area contributed by atoms with Gasteiger partial charge in [0.05, 0.1) is 18.2 Å². The molecule has 5 fully saturated rings. The molecule has 1 aromatic carbocycles. The van der Waals surface area contributed by atoms with Gasteiger partial charge in [0.2, 0.25) is 10.0 Å². The van der Waals surface area contributed by atoms with Gasteiger partial charge in [0.25, 0.3) is 0 Å². The molecule has 5 saturated carbocycles. The number of hydrogen-bond donors (Lipinski definition) is 1. The van der Waals surface area contributed by atoms with Crippen molar-refractivity contribution in [2.75, 3.05) is 17.6 Å². The largest absolute Gasteiger partial charge is 0.493 e. The van der Waals surface area contributed by atoms with Gasteiger partial charge >= 0.3 is 0 Å². The Bertz CT molecular complexity index is 1070. The zero-order valence-corrected chi connectivity index (χ0v) is 18.3. The van der Waals surface area contributed by atoms with Crippen LogP contribution in [0, 0.1) is 23.2 Å². The van der Waals surface area contributed by atoms with E-state index in [0.29, 0.717) is 22.3 Å². The number of nitrogens with one attached hydrogen (secondary N) is 1. The van der Waals surface area contributed by atoms with E-state index >= 15 is 0 Å². The van der Waals surface area contributed by atoms with E-state index < -0.39 is 10.0 Å². The highest BCUT2D eigenvalue weighted by Crippen LogP contribution is 2.58. The highest BCUT2D eigenvalue weighted by molar-refractivity contribution is 7.92. The average molecular weight is 431 g/mol. The zero-order chi connectivity index (χ0) is 20.5. The van der Waals surface area contributed by atoms with Gasteiger partial charge in [-0.2, -0.15) is 0 Å². The van der Waals surface area contributed by atoms with Crippen molar-refractivity contribution in [1.82, 2.24) is 5.16 Å². The van der Waals surface area contributed by atoms with Gasteiger partial charge in [0.15, 0.2) is 11.4 Å². The van der Waals surface area contributed by atoms with E-state index in [2.05, 4.69) is 9.88 Å². The summed E-state index contributed by atoms with van der Waals surface area (Å²) in [4.78, 5) is 0. The Morgan fingerprint density at radius 3 is 2.47 bits per heavy atom. The van der Waals surface area contributed by atoms with Crippen LogP contribution in [0.5, 0.6) is 5.75 Å². The number of nitrogens with zero attached hydrogens (tertiary/aromatic N) is 1. The Kier molecular flexibility index (Phi) is 4.18. The number of ether oxygens (including phenoxy) is 1. The van der Waals surface area contributed by atoms with Crippen LogP contribution in [-0.4, -0.2) is 26.4 Å². The van der Waals surface area contributed by atoms with Gasteiger partial charge in [0.1, 0.15) is 5.75 Å². The molecule has 5 aliphatic rings. The zero-order valence-electron chi connectivity index (χ0n) is 17.5. The highest BCUT2D eigenvalue weighted by atomic mass is 32.2. The van der Waals surface area contributed by atoms with Crippen LogP contribution in [0.4, 0.5) is 5.82 Å². The number of anilines is 1. The maximum atomic E-state index is 11.7. The van der Waals surface area contributed by atoms with Gasteiger partial charge in [-0.1, -0.05) is 18.0 Å². The minimum absolute atomic E-state index is 0.263. The molecule has 2 atom stereocenters. The Labute approximate surface area is 177 Å². The van der Waals surface area contributed by atoms with E-state index in [1.54, 1.807) is 0 Å². The molecule has 1 heterocycles. The molecule has 1 aromatic heterocycles. The lowest BCUT2D eigenvalue weighted by atomic mass is 9.59. The van der Waals surface area contributed by atoms with Gasteiger partial charge in [-0.15, -0.1) is 0 Å². The van der Waals surface area contributed by atoms with Crippen molar-refractivity contribution < 1.29 is 17.7 Å². The molecule has 30 heavy (non-hydrogen) atoms. The first-order valence-electron chi connectivity index (χ1n) is 11.4. The number of sulfonamides is 1. The third-order valence-corrected chi connectivity index (χ3v) is 8.48. The first-order chi connectivity index (χ1) is 14.4. The van der Waals surface area contributed by atoms with E-state index in [0.717, 1.165) is 49.2 Å². The monoisotopic (exact) mass is 430 g/mol. The highest BCUT2D eigenvalue weighted by Gasteiger charge is 2.49. The minimum Gasteiger partial charge on any atom is -0.493 e. The second kappa shape index (κ2) is 6.62. The summed E-state index contributed by atoms with van der Waals surface area (Å²) in [5, 5.41) is 4.66. The smallest absolute Gasteiger partial charge is 0.231 e. The fraction of sp³-hybridized carbons (Fsp3) is 0.696. The average Bonchev–Trinajstić information content (AvgIpc) is 3.48. The SMILES string of the molecule is CS(=O)(=O)Nc1noc2cc(OCC34CC5CCC(CC(C5)C3)C4)c(C3CC3)cc12. The molecule has 0 amide bonds. The van der Waals surface area contributed by atoms with Gasteiger partial charge in [0, 0.05) is 11.5 Å². The van der Waals surface area contributed by atoms with Crippen LogP contribution < -0.4 is 9.46 Å². The quantitative estimate of drug-likeness (QED) is 0.692. The Balaban J connectivity index is 1.30. The van der Waals surface area contributed by atoms with Crippen LogP contribution in [0.25, 0.3) is 11.0 Å². The van der Waals surface area contributed by atoms with Crippen molar-refractivity contribution in [3.63, 3.8) is 0 Å². The van der Waals surface area contributed by atoms with Crippen LogP contribution >= 0.6 is 0 Å². The number of rotatable bonds is 6. The first kappa shape index (κ1) is 19.0. The maximum Gasteiger partial charge on any atom is 0.231 e. The fourth-order valence-electron chi connectivity index (χ4n) is 6.85. The molecule has 7 heteroatoms.